The molecule has 0 atom stereocenters. The summed E-state index contributed by atoms with van der Waals surface area (Å²) in [6.45, 7) is 4.97. The van der Waals surface area contributed by atoms with Crippen molar-refractivity contribution in [3.8, 4) is 16.9 Å². The molecule has 96 valence electrons. The molecule has 2 aromatic rings. The Bertz CT molecular complexity index is 546. The Kier molecular flexibility index (Phi) is 3.67. The summed E-state index contributed by atoms with van der Waals surface area (Å²) in [5.74, 6) is 0.926. The van der Waals surface area contributed by atoms with Gasteiger partial charge in [0.25, 0.3) is 0 Å². The summed E-state index contributed by atoms with van der Waals surface area (Å²) in [6.07, 6.45) is 1.88. The van der Waals surface area contributed by atoms with E-state index in [0.717, 1.165) is 23.6 Å². The Morgan fingerprint density at radius 2 is 2.00 bits per heavy atom. The summed E-state index contributed by atoms with van der Waals surface area (Å²) in [5.41, 5.74) is 5.85. The molecule has 0 bridgehead atoms. The molecule has 0 aliphatic rings. The van der Waals surface area contributed by atoms with Crippen molar-refractivity contribution in [3.63, 3.8) is 0 Å². The maximum atomic E-state index is 5.34. The minimum absolute atomic E-state index is 0.778. The molecule has 18 heavy (non-hydrogen) atoms. The van der Waals surface area contributed by atoms with Gasteiger partial charge in [0, 0.05) is 12.1 Å². The molecule has 4 nitrogen and oxygen atoms in total. The molecule has 0 aliphatic carbocycles. The third kappa shape index (κ3) is 2.11. The lowest BCUT2D eigenvalue weighted by atomic mass is 9.96. The summed E-state index contributed by atoms with van der Waals surface area (Å²) in [7, 11) is 3.63. The molecule has 0 aliphatic heterocycles. The summed E-state index contributed by atoms with van der Waals surface area (Å²) >= 11 is 0. The van der Waals surface area contributed by atoms with E-state index in [9.17, 15) is 0 Å². The number of H-pyrrole nitrogens is 1. The van der Waals surface area contributed by atoms with Crippen molar-refractivity contribution in [2.45, 2.75) is 20.4 Å². The van der Waals surface area contributed by atoms with E-state index in [1.807, 2.05) is 19.3 Å². The number of aromatic nitrogens is 2. The van der Waals surface area contributed by atoms with Gasteiger partial charge in [-0.3, -0.25) is 5.10 Å². The van der Waals surface area contributed by atoms with Gasteiger partial charge in [-0.05, 0) is 43.7 Å². The first-order chi connectivity index (χ1) is 8.69. The molecule has 1 heterocycles. The van der Waals surface area contributed by atoms with Crippen LogP contribution in [0, 0.1) is 13.8 Å². The fourth-order valence-electron chi connectivity index (χ4n) is 2.17. The van der Waals surface area contributed by atoms with Crippen molar-refractivity contribution in [1.29, 1.82) is 0 Å². The van der Waals surface area contributed by atoms with Crippen molar-refractivity contribution >= 4 is 0 Å². The van der Waals surface area contributed by atoms with Gasteiger partial charge in [0.1, 0.15) is 5.75 Å². The highest BCUT2D eigenvalue weighted by Gasteiger charge is 2.12. The van der Waals surface area contributed by atoms with Gasteiger partial charge in [-0.25, -0.2) is 0 Å². The highest BCUT2D eigenvalue weighted by atomic mass is 16.5. The number of ether oxygens (including phenoxy) is 1. The fourth-order valence-corrected chi connectivity index (χ4v) is 2.17. The van der Waals surface area contributed by atoms with Crippen LogP contribution < -0.4 is 10.1 Å². The number of hydrogen-bond acceptors (Lipinski definition) is 3. The predicted octanol–water partition coefficient (Wildman–Crippen LogP) is 2.42. The number of methoxy groups -OCH3 is 1. The lowest BCUT2D eigenvalue weighted by molar-refractivity contribution is 0.411. The second-order valence-electron chi connectivity index (χ2n) is 4.36. The first-order valence-corrected chi connectivity index (χ1v) is 6.00. The summed E-state index contributed by atoms with van der Waals surface area (Å²) in [4.78, 5) is 0. The van der Waals surface area contributed by atoms with Gasteiger partial charge in [-0.15, -0.1) is 0 Å². The van der Waals surface area contributed by atoms with Crippen LogP contribution in [0.2, 0.25) is 0 Å². The molecule has 1 aromatic carbocycles. The minimum atomic E-state index is 0.778. The molecule has 2 rings (SSSR count). The number of aromatic amines is 1. The molecular formula is C14H19N3O. The Morgan fingerprint density at radius 3 is 2.67 bits per heavy atom. The SMILES string of the molecule is CNCc1[nH]ncc1-c1ccc(OC)c(C)c1C. The normalized spacial score (nSPS) is 10.7. The van der Waals surface area contributed by atoms with E-state index >= 15 is 0 Å². The van der Waals surface area contributed by atoms with Crippen LogP contribution in [0.4, 0.5) is 0 Å². The maximum absolute atomic E-state index is 5.34. The zero-order valence-corrected chi connectivity index (χ0v) is 11.3. The van der Waals surface area contributed by atoms with Crippen molar-refractivity contribution in [2.75, 3.05) is 14.2 Å². The van der Waals surface area contributed by atoms with E-state index in [1.165, 1.54) is 16.7 Å². The van der Waals surface area contributed by atoms with Gasteiger partial charge in [0.15, 0.2) is 0 Å². The van der Waals surface area contributed by atoms with Crippen molar-refractivity contribution in [2.24, 2.45) is 0 Å². The predicted molar refractivity (Wildman–Crippen MR) is 72.8 cm³/mol. The number of hydrogen-bond donors (Lipinski definition) is 2. The van der Waals surface area contributed by atoms with E-state index in [-0.39, 0.29) is 0 Å². The van der Waals surface area contributed by atoms with Crippen LogP contribution in [0.1, 0.15) is 16.8 Å². The Labute approximate surface area is 107 Å². The largest absolute Gasteiger partial charge is 0.496 e. The van der Waals surface area contributed by atoms with Crippen LogP contribution in [0.3, 0.4) is 0 Å². The first-order valence-electron chi connectivity index (χ1n) is 6.00. The molecule has 0 fully saturated rings. The Morgan fingerprint density at radius 1 is 1.22 bits per heavy atom. The molecule has 0 radical (unpaired) electrons. The number of rotatable bonds is 4. The third-order valence-electron chi connectivity index (χ3n) is 3.32. The monoisotopic (exact) mass is 245 g/mol. The lowest BCUT2D eigenvalue weighted by Crippen LogP contribution is -2.06. The average Bonchev–Trinajstić information content (AvgIpc) is 2.81. The van der Waals surface area contributed by atoms with Crippen LogP contribution in [-0.2, 0) is 6.54 Å². The van der Waals surface area contributed by atoms with Crippen LogP contribution in [0.15, 0.2) is 18.3 Å². The second-order valence-corrected chi connectivity index (χ2v) is 4.36. The van der Waals surface area contributed by atoms with E-state index < -0.39 is 0 Å². The van der Waals surface area contributed by atoms with Crippen LogP contribution in [-0.4, -0.2) is 24.4 Å². The Balaban J connectivity index is 2.51. The van der Waals surface area contributed by atoms with Crippen LogP contribution >= 0.6 is 0 Å². The highest BCUT2D eigenvalue weighted by Crippen LogP contribution is 2.32. The van der Waals surface area contributed by atoms with E-state index in [4.69, 9.17) is 4.74 Å². The van der Waals surface area contributed by atoms with Gasteiger partial charge < -0.3 is 10.1 Å². The first kappa shape index (κ1) is 12.6. The molecule has 0 amide bonds. The van der Waals surface area contributed by atoms with E-state index in [1.54, 1.807) is 7.11 Å². The van der Waals surface area contributed by atoms with Crippen molar-refractivity contribution < 1.29 is 4.74 Å². The zero-order chi connectivity index (χ0) is 13.1. The molecule has 0 spiro atoms. The average molecular weight is 245 g/mol. The summed E-state index contributed by atoms with van der Waals surface area (Å²) in [6, 6.07) is 4.10. The fraction of sp³-hybridized carbons (Fsp3) is 0.357. The highest BCUT2D eigenvalue weighted by molar-refractivity contribution is 5.71. The molecule has 1 aromatic heterocycles. The standard InChI is InChI=1S/C14H19N3O/c1-9-10(2)14(18-4)6-5-11(9)12-7-16-17-13(12)8-15-3/h5-7,15H,8H2,1-4H3,(H,16,17). The van der Waals surface area contributed by atoms with Crippen molar-refractivity contribution in [3.05, 3.63) is 35.2 Å². The van der Waals surface area contributed by atoms with Crippen LogP contribution in [0.25, 0.3) is 11.1 Å². The quantitative estimate of drug-likeness (QED) is 0.869. The Hall–Kier alpha value is -1.81. The topological polar surface area (TPSA) is 49.9 Å². The summed E-state index contributed by atoms with van der Waals surface area (Å²) in [5, 5.41) is 10.3. The number of nitrogens with zero attached hydrogens (tertiary/aromatic N) is 1. The molecular weight excluding hydrogens is 226 g/mol. The smallest absolute Gasteiger partial charge is 0.122 e. The number of benzene rings is 1. The minimum Gasteiger partial charge on any atom is -0.496 e. The van der Waals surface area contributed by atoms with E-state index in [2.05, 4.69) is 35.4 Å². The molecule has 4 heteroatoms. The third-order valence-corrected chi connectivity index (χ3v) is 3.32. The lowest BCUT2D eigenvalue weighted by Gasteiger charge is -2.12. The zero-order valence-electron chi connectivity index (χ0n) is 11.3. The molecule has 0 saturated heterocycles. The van der Waals surface area contributed by atoms with Gasteiger partial charge >= 0.3 is 0 Å². The molecule has 0 saturated carbocycles. The molecule has 2 N–H and O–H groups in total. The summed E-state index contributed by atoms with van der Waals surface area (Å²) < 4.78 is 5.34. The van der Waals surface area contributed by atoms with E-state index in [0.29, 0.717) is 0 Å². The molecule has 0 unspecified atom stereocenters. The van der Waals surface area contributed by atoms with Crippen molar-refractivity contribution in [1.82, 2.24) is 15.5 Å². The second kappa shape index (κ2) is 5.23. The van der Waals surface area contributed by atoms with Gasteiger partial charge in [-0.1, -0.05) is 6.07 Å². The van der Waals surface area contributed by atoms with Gasteiger partial charge in [-0.2, -0.15) is 5.10 Å². The van der Waals surface area contributed by atoms with Gasteiger partial charge in [0.05, 0.1) is 19.0 Å². The van der Waals surface area contributed by atoms with Crippen LogP contribution in [0.5, 0.6) is 5.75 Å². The number of nitrogens with one attached hydrogen (secondary N) is 2. The maximum Gasteiger partial charge on any atom is 0.122 e. The van der Waals surface area contributed by atoms with Gasteiger partial charge in [0.2, 0.25) is 0 Å².